The smallest absolute Gasteiger partial charge is 0.349 e. The summed E-state index contributed by atoms with van der Waals surface area (Å²) in [6.07, 6.45) is 1.80. The van der Waals surface area contributed by atoms with Gasteiger partial charge in [-0.05, 0) is 49.9 Å². The van der Waals surface area contributed by atoms with Crippen LogP contribution in [0.2, 0.25) is 5.02 Å². The number of benzene rings is 1. The van der Waals surface area contributed by atoms with Crippen LogP contribution in [0, 0.1) is 17.8 Å². The largest absolute Gasteiger partial charge is 0.435 e. The zero-order valence-corrected chi connectivity index (χ0v) is 26.4. The van der Waals surface area contributed by atoms with E-state index >= 15 is 0 Å². The summed E-state index contributed by atoms with van der Waals surface area (Å²) in [5, 5.41) is 15.9. The highest BCUT2D eigenvalue weighted by molar-refractivity contribution is 6.34. The van der Waals surface area contributed by atoms with E-state index in [9.17, 15) is 27.6 Å². The molecule has 2 saturated heterocycles. The van der Waals surface area contributed by atoms with Gasteiger partial charge in [-0.25, -0.2) is 9.78 Å². The maximum absolute atomic E-state index is 13.9. The number of amides is 4. The fourth-order valence-electron chi connectivity index (χ4n) is 6.87. The highest BCUT2D eigenvalue weighted by Gasteiger charge is 2.57. The zero-order valence-electron chi connectivity index (χ0n) is 25.6. The highest BCUT2D eigenvalue weighted by atomic mass is 35.5. The van der Waals surface area contributed by atoms with Gasteiger partial charge in [0.05, 0.1) is 28.0 Å². The molecule has 16 heteroatoms. The van der Waals surface area contributed by atoms with Crippen molar-refractivity contribution >= 4 is 35.1 Å². The Morgan fingerprint density at radius 3 is 2.49 bits per heavy atom. The summed E-state index contributed by atoms with van der Waals surface area (Å²) in [6.45, 7) is 3.23. The van der Waals surface area contributed by atoms with Crippen LogP contribution in [-0.2, 0) is 19.8 Å². The lowest BCUT2D eigenvalue weighted by Gasteiger charge is -2.24. The number of piperidine rings is 1. The minimum Gasteiger partial charge on any atom is -0.349 e. The number of nitrogens with zero attached hydrogens (tertiary/aromatic N) is 5. The van der Waals surface area contributed by atoms with Gasteiger partial charge >= 0.3 is 12.2 Å². The summed E-state index contributed by atoms with van der Waals surface area (Å²) in [5.41, 5.74) is -0.556. The molecule has 4 fully saturated rings. The van der Waals surface area contributed by atoms with Crippen LogP contribution in [0.25, 0.3) is 11.3 Å². The van der Waals surface area contributed by atoms with Crippen molar-refractivity contribution in [1.29, 1.82) is 0 Å². The van der Waals surface area contributed by atoms with Crippen molar-refractivity contribution < 1.29 is 27.6 Å². The van der Waals surface area contributed by atoms with Gasteiger partial charge in [0.2, 0.25) is 0 Å². The Bertz CT molecular complexity index is 1700. The number of hydrogen-bond acceptors (Lipinski definition) is 6. The molecule has 2 aliphatic carbocycles. The molecule has 12 nitrogen and oxygen atoms in total. The SMILES string of the molecule is Cn1c(-c2cn(CC3CCC3)nc2C(F)(F)F)cnc1C(=O)Nc1ccc(C(=O)NC2[C@H]3CN(C(=O)N[C@H]4CCNC4)C[C@@H]23)c(Cl)c1. The van der Waals surface area contributed by atoms with E-state index in [4.69, 9.17) is 11.6 Å². The minimum absolute atomic E-state index is 0.0454. The Kier molecular flexibility index (Phi) is 8.15. The molecule has 0 bridgehead atoms. The third kappa shape index (κ3) is 6.30. The Morgan fingerprint density at radius 1 is 1.09 bits per heavy atom. The van der Waals surface area contributed by atoms with E-state index in [1.54, 1.807) is 4.90 Å². The summed E-state index contributed by atoms with van der Waals surface area (Å²) in [5.74, 6) is -0.440. The predicted molar refractivity (Wildman–Crippen MR) is 166 cm³/mol. The first-order valence-corrected chi connectivity index (χ1v) is 16.2. The molecule has 4 amide bonds. The minimum atomic E-state index is -4.68. The molecule has 7 rings (SSSR count). The van der Waals surface area contributed by atoms with Crippen LogP contribution >= 0.6 is 11.6 Å². The van der Waals surface area contributed by atoms with Crippen molar-refractivity contribution in [3.63, 3.8) is 0 Å². The third-order valence-corrected chi connectivity index (χ3v) is 10.1. The quantitative estimate of drug-likeness (QED) is 0.288. The molecule has 2 aromatic heterocycles. The van der Waals surface area contributed by atoms with Crippen molar-refractivity contribution in [2.24, 2.45) is 24.8 Å². The molecule has 2 aliphatic heterocycles. The van der Waals surface area contributed by atoms with E-state index < -0.39 is 17.8 Å². The average Bonchev–Trinajstić information content (AvgIpc) is 3.61. The molecular formula is C31H35ClF3N9O3. The van der Waals surface area contributed by atoms with Crippen LogP contribution in [0.4, 0.5) is 23.7 Å². The van der Waals surface area contributed by atoms with Crippen LogP contribution in [0.3, 0.4) is 0 Å². The van der Waals surface area contributed by atoms with Gasteiger partial charge in [0.25, 0.3) is 11.8 Å². The van der Waals surface area contributed by atoms with Crippen molar-refractivity contribution in [3.05, 3.63) is 52.7 Å². The molecule has 1 aromatic carbocycles. The van der Waals surface area contributed by atoms with E-state index in [0.29, 0.717) is 25.6 Å². The van der Waals surface area contributed by atoms with Crippen molar-refractivity contribution in [2.45, 2.75) is 50.5 Å². The van der Waals surface area contributed by atoms with Gasteiger partial charge in [-0.15, -0.1) is 0 Å². The maximum Gasteiger partial charge on any atom is 0.435 e. The molecule has 4 atom stereocenters. The molecule has 47 heavy (non-hydrogen) atoms. The molecule has 4 heterocycles. The predicted octanol–water partition coefficient (Wildman–Crippen LogP) is 3.74. The summed E-state index contributed by atoms with van der Waals surface area (Å²) >= 11 is 6.44. The molecule has 4 aliphatic rings. The van der Waals surface area contributed by atoms with E-state index in [0.717, 1.165) is 38.8 Å². The molecule has 250 valence electrons. The fourth-order valence-corrected chi connectivity index (χ4v) is 7.13. The molecule has 0 spiro atoms. The first-order chi connectivity index (χ1) is 22.5. The number of rotatable bonds is 8. The highest BCUT2D eigenvalue weighted by Crippen LogP contribution is 2.46. The molecule has 3 aromatic rings. The Labute approximate surface area is 273 Å². The van der Waals surface area contributed by atoms with E-state index in [1.165, 1.54) is 46.9 Å². The second-order valence-corrected chi connectivity index (χ2v) is 13.4. The Morgan fingerprint density at radius 2 is 1.85 bits per heavy atom. The second kappa shape index (κ2) is 12.2. The van der Waals surface area contributed by atoms with Gasteiger partial charge in [0, 0.05) is 69.0 Å². The summed E-state index contributed by atoms with van der Waals surface area (Å²) in [7, 11) is 1.47. The van der Waals surface area contributed by atoms with Crippen molar-refractivity contribution in [3.8, 4) is 11.3 Å². The number of imidazole rings is 1. The van der Waals surface area contributed by atoms with Gasteiger partial charge in [-0.2, -0.15) is 18.3 Å². The number of carbonyl (C=O) groups excluding carboxylic acids is 3. The first kappa shape index (κ1) is 31.5. The van der Waals surface area contributed by atoms with Crippen LogP contribution in [0.1, 0.15) is 52.4 Å². The standard InChI is InChI=1S/C31H35ClF3N9O3/c1-42-24(22-15-44(12-16-3-2-4-16)41-26(22)31(33,34)35)11-37-27(42)29(46)38-17-5-6-19(23(32)9-17)28(45)40-25-20-13-43(14-21(20)25)30(47)39-18-7-8-36-10-18/h5-6,9,11,15-16,18,20-21,25,36H,2-4,7-8,10,12-14H2,1H3,(H,38,46)(H,39,47)(H,40,45)/t18-,20-,21+,25?/m0/s1. The molecule has 1 unspecified atom stereocenters. The van der Waals surface area contributed by atoms with Gasteiger partial charge in [-0.1, -0.05) is 18.0 Å². The van der Waals surface area contributed by atoms with E-state index in [2.05, 4.69) is 31.3 Å². The molecule has 2 saturated carbocycles. The summed E-state index contributed by atoms with van der Waals surface area (Å²) in [6, 6.07) is 4.48. The molecule has 4 N–H and O–H groups in total. The number of halogens is 4. The number of fused-ring (bicyclic) bond motifs is 1. The number of anilines is 1. The van der Waals surface area contributed by atoms with Gasteiger partial charge in [-0.3, -0.25) is 14.3 Å². The normalized spacial score (nSPS) is 23.7. The van der Waals surface area contributed by atoms with Crippen LogP contribution in [0.15, 0.2) is 30.6 Å². The average molecular weight is 674 g/mol. The summed E-state index contributed by atoms with van der Waals surface area (Å²) in [4.78, 5) is 44.6. The molecule has 0 radical (unpaired) electrons. The van der Waals surface area contributed by atoms with Crippen molar-refractivity contribution in [1.82, 2.24) is 40.2 Å². The second-order valence-electron chi connectivity index (χ2n) is 13.0. The van der Waals surface area contributed by atoms with E-state index in [-0.39, 0.29) is 69.2 Å². The first-order valence-electron chi connectivity index (χ1n) is 15.8. The van der Waals surface area contributed by atoms with Crippen LogP contribution in [-0.4, -0.2) is 80.3 Å². The number of carbonyl (C=O) groups is 3. The Balaban J connectivity index is 0.964. The lowest BCUT2D eigenvalue weighted by atomic mass is 9.85. The number of hydrogen-bond donors (Lipinski definition) is 4. The number of likely N-dealkylation sites (tertiary alicyclic amines) is 1. The zero-order chi connectivity index (χ0) is 33.0. The summed E-state index contributed by atoms with van der Waals surface area (Å²) < 4.78 is 44.3. The van der Waals surface area contributed by atoms with Gasteiger partial charge in [0.15, 0.2) is 11.5 Å². The monoisotopic (exact) mass is 673 g/mol. The van der Waals surface area contributed by atoms with Crippen LogP contribution in [0.5, 0.6) is 0 Å². The number of aromatic nitrogens is 4. The number of nitrogens with one attached hydrogen (secondary N) is 4. The third-order valence-electron chi connectivity index (χ3n) is 9.81. The number of alkyl halides is 3. The van der Waals surface area contributed by atoms with Crippen molar-refractivity contribution in [2.75, 3.05) is 31.5 Å². The maximum atomic E-state index is 13.9. The van der Waals surface area contributed by atoms with E-state index in [1.807, 2.05) is 0 Å². The van der Waals surface area contributed by atoms with Gasteiger partial charge < -0.3 is 30.7 Å². The fraction of sp³-hybridized carbons (Fsp3) is 0.516. The molecular weight excluding hydrogens is 639 g/mol. The van der Waals surface area contributed by atoms with Crippen LogP contribution < -0.4 is 21.3 Å². The van der Waals surface area contributed by atoms with Gasteiger partial charge in [0.1, 0.15) is 0 Å². The number of urea groups is 1. The lowest BCUT2D eigenvalue weighted by Crippen LogP contribution is -2.46. The Hall–Kier alpha value is -4.11. The lowest BCUT2D eigenvalue weighted by molar-refractivity contribution is -0.141. The topological polar surface area (TPSA) is 138 Å².